The smallest absolute Gasteiger partial charge is 0.350 e. The highest BCUT2D eigenvalue weighted by Crippen LogP contribution is 2.22. The predicted octanol–water partition coefficient (Wildman–Crippen LogP) is 2.82. The van der Waals surface area contributed by atoms with Crippen molar-refractivity contribution >= 4 is 11.6 Å². The van der Waals surface area contributed by atoms with Gasteiger partial charge in [0.15, 0.2) is 0 Å². The molecule has 1 aromatic heterocycles. The first kappa shape index (κ1) is 24.5. The number of aromatic nitrogens is 3. The van der Waals surface area contributed by atoms with Gasteiger partial charge in [-0.1, -0.05) is 36.4 Å². The van der Waals surface area contributed by atoms with Crippen molar-refractivity contribution in [1.29, 1.82) is 0 Å². The van der Waals surface area contributed by atoms with Crippen LogP contribution in [-0.4, -0.2) is 64.4 Å². The van der Waals surface area contributed by atoms with Crippen molar-refractivity contribution in [3.63, 3.8) is 0 Å². The van der Waals surface area contributed by atoms with Crippen molar-refractivity contribution < 1.29 is 4.79 Å². The van der Waals surface area contributed by atoms with E-state index in [1.807, 2.05) is 56.3 Å². The summed E-state index contributed by atoms with van der Waals surface area (Å²) in [7, 11) is 0. The molecule has 1 fully saturated rings. The van der Waals surface area contributed by atoms with E-state index in [2.05, 4.69) is 38.9 Å². The summed E-state index contributed by atoms with van der Waals surface area (Å²) in [6, 6.07) is 18.0. The molecule has 1 aliphatic heterocycles. The van der Waals surface area contributed by atoms with Crippen molar-refractivity contribution in [3.8, 4) is 5.69 Å². The van der Waals surface area contributed by atoms with E-state index in [4.69, 9.17) is 0 Å². The van der Waals surface area contributed by atoms with E-state index in [0.29, 0.717) is 13.1 Å². The van der Waals surface area contributed by atoms with Crippen LogP contribution in [0.25, 0.3) is 5.69 Å². The van der Waals surface area contributed by atoms with Crippen LogP contribution in [0, 0.1) is 0 Å². The van der Waals surface area contributed by atoms with Crippen LogP contribution in [-0.2, 0) is 4.79 Å². The van der Waals surface area contributed by atoms with Gasteiger partial charge in [-0.15, -0.1) is 6.58 Å². The third-order valence-electron chi connectivity index (χ3n) is 6.43. The standard InChI is InChI=1S/C27H34N6O2/c1-4-14-28-26(34)25(22-8-6-5-7-9-22)19-30-15-17-31(18-16-30)23-10-12-24(13-11-23)32-20-29-33(21(2)3)27(32)35/h4-13,20-21,25H,1,14-19H2,2-3H3,(H,28,34). The van der Waals surface area contributed by atoms with Crippen LogP contribution in [0.5, 0.6) is 0 Å². The largest absolute Gasteiger partial charge is 0.369 e. The maximum atomic E-state index is 12.8. The fourth-order valence-corrected chi connectivity index (χ4v) is 4.44. The van der Waals surface area contributed by atoms with Gasteiger partial charge in [0.2, 0.25) is 5.91 Å². The van der Waals surface area contributed by atoms with Gasteiger partial charge in [0.05, 0.1) is 17.6 Å². The molecular formula is C27H34N6O2. The Morgan fingerprint density at radius 1 is 1.03 bits per heavy atom. The minimum Gasteiger partial charge on any atom is -0.369 e. The lowest BCUT2D eigenvalue weighted by Crippen LogP contribution is -2.49. The first-order valence-corrected chi connectivity index (χ1v) is 12.2. The number of carbonyl (C=O) groups is 1. The average molecular weight is 475 g/mol. The number of rotatable bonds is 9. The summed E-state index contributed by atoms with van der Waals surface area (Å²) in [5.41, 5.74) is 2.83. The highest BCUT2D eigenvalue weighted by Gasteiger charge is 2.26. The van der Waals surface area contributed by atoms with E-state index in [9.17, 15) is 9.59 Å². The summed E-state index contributed by atoms with van der Waals surface area (Å²) in [6.45, 7) is 12.2. The topological polar surface area (TPSA) is 75.4 Å². The average Bonchev–Trinajstić information content (AvgIpc) is 3.28. The first-order chi connectivity index (χ1) is 17.0. The van der Waals surface area contributed by atoms with Crippen LogP contribution in [0.1, 0.15) is 31.4 Å². The number of piperazine rings is 1. The Morgan fingerprint density at radius 2 is 1.69 bits per heavy atom. The minimum atomic E-state index is -0.216. The number of amides is 1. The molecule has 35 heavy (non-hydrogen) atoms. The highest BCUT2D eigenvalue weighted by molar-refractivity contribution is 5.84. The zero-order chi connectivity index (χ0) is 24.8. The van der Waals surface area contributed by atoms with Crippen LogP contribution in [0.4, 0.5) is 5.69 Å². The summed E-state index contributed by atoms with van der Waals surface area (Å²) in [5.74, 6) is -0.183. The zero-order valence-corrected chi connectivity index (χ0v) is 20.5. The zero-order valence-electron chi connectivity index (χ0n) is 20.5. The van der Waals surface area contributed by atoms with Crippen LogP contribution in [0.15, 0.2) is 78.4 Å². The Bertz CT molecular complexity index is 1170. The highest BCUT2D eigenvalue weighted by atomic mass is 16.2. The number of nitrogens with one attached hydrogen (secondary N) is 1. The van der Waals surface area contributed by atoms with E-state index in [1.165, 1.54) is 4.68 Å². The van der Waals surface area contributed by atoms with Crippen molar-refractivity contribution in [2.24, 2.45) is 0 Å². The van der Waals surface area contributed by atoms with Gasteiger partial charge in [0.25, 0.3) is 0 Å². The van der Waals surface area contributed by atoms with Crippen LogP contribution < -0.4 is 15.9 Å². The van der Waals surface area contributed by atoms with Gasteiger partial charge < -0.3 is 10.2 Å². The van der Waals surface area contributed by atoms with Gasteiger partial charge in [-0.05, 0) is 43.7 Å². The minimum absolute atomic E-state index is 0.0221. The number of benzene rings is 2. The number of carbonyl (C=O) groups excluding carboxylic acids is 1. The summed E-state index contributed by atoms with van der Waals surface area (Å²) < 4.78 is 3.05. The Morgan fingerprint density at radius 3 is 2.29 bits per heavy atom. The van der Waals surface area contributed by atoms with E-state index in [-0.39, 0.29) is 23.6 Å². The molecule has 2 heterocycles. The fourth-order valence-electron chi connectivity index (χ4n) is 4.44. The van der Waals surface area contributed by atoms with Crippen molar-refractivity contribution in [2.45, 2.75) is 25.8 Å². The summed E-state index contributed by atoms with van der Waals surface area (Å²) in [4.78, 5) is 30.1. The lowest BCUT2D eigenvalue weighted by Gasteiger charge is -2.37. The monoisotopic (exact) mass is 474 g/mol. The van der Waals surface area contributed by atoms with Gasteiger partial charge in [0.1, 0.15) is 6.33 Å². The normalized spacial score (nSPS) is 15.2. The molecule has 2 aromatic carbocycles. The molecule has 1 unspecified atom stereocenters. The Kier molecular flexibility index (Phi) is 7.82. The van der Waals surface area contributed by atoms with Crippen molar-refractivity contribution in [2.75, 3.05) is 44.2 Å². The molecule has 0 spiro atoms. The third kappa shape index (κ3) is 5.71. The molecule has 0 saturated carbocycles. The molecule has 0 bridgehead atoms. The van der Waals surface area contributed by atoms with Crippen LogP contribution in [0.3, 0.4) is 0 Å². The van der Waals surface area contributed by atoms with Gasteiger partial charge in [0, 0.05) is 45.0 Å². The lowest BCUT2D eigenvalue weighted by molar-refractivity contribution is -0.122. The van der Waals surface area contributed by atoms with E-state index >= 15 is 0 Å². The first-order valence-electron chi connectivity index (χ1n) is 12.2. The molecule has 1 aliphatic rings. The second-order valence-corrected chi connectivity index (χ2v) is 9.12. The van der Waals surface area contributed by atoms with E-state index in [0.717, 1.165) is 43.1 Å². The quantitative estimate of drug-likeness (QED) is 0.483. The fraction of sp³-hybridized carbons (Fsp3) is 0.370. The molecule has 1 amide bonds. The summed E-state index contributed by atoms with van der Waals surface area (Å²) in [5, 5.41) is 7.17. The van der Waals surface area contributed by atoms with E-state index in [1.54, 1.807) is 17.0 Å². The molecule has 8 nitrogen and oxygen atoms in total. The molecular weight excluding hydrogens is 440 g/mol. The number of hydrogen-bond acceptors (Lipinski definition) is 5. The second kappa shape index (κ2) is 11.2. The maximum Gasteiger partial charge on any atom is 0.350 e. The van der Waals surface area contributed by atoms with Gasteiger partial charge in [-0.25, -0.2) is 14.0 Å². The maximum absolute atomic E-state index is 12.8. The number of hydrogen-bond donors (Lipinski definition) is 1. The molecule has 3 aromatic rings. The van der Waals surface area contributed by atoms with Gasteiger partial charge in [-0.3, -0.25) is 9.69 Å². The van der Waals surface area contributed by atoms with Crippen LogP contribution >= 0.6 is 0 Å². The molecule has 0 aliphatic carbocycles. The molecule has 0 radical (unpaired) electrons. The van der Waals surface area contributed by atoms with Gasteiger partial charge in [-0.2, -0.15) is 5.10 Å². The van der Waals surface area contributed by atoms with Crippen molar-refractivity contribution in [3.05, 3.63) is 89.6 Å². The molecule has 1 atom stereocenters. The van der Waals surface area contributed by atoms with Gasteiger partial charge >= 0.3 is 5.69 Å². The number of nitrogens with zero attached hydrogens (tertiary/aromatic N) is 5. The Balaban J connectivity index is 1.38. The van der Waals surface area contributed by atoms with Crippen LogP contribution in [0.2, 0.25) is 0 Å². The van der Waals surface area contributed by atoms with E-state index < -0.39 is 0 Å². The molecule has 1 N–H and O–H groups in total. The Hall–Kier alpha value is -3.65. The molecule has 1 saturated heterocycles. The molecule has 8 heteroatoms. The summed E-state index contributed by atoms with van der Waals surface area (Å²) >= 11 is 0. The third-order valence-corrected chi connectivity index (χ3v) is 6.43. The SMILES string of the molecule is C=CCNC(=O)C(CN1CCN(c2ccc(-n3cnn(C(C)C)c3=O)cc2)CC1)c1ccccc1. The summed E-state index contributed by atoms with van der Waals surface area (Å²) in [6.07, 6.45) is 3.28. The molecule has 184 valence electrons. The lowest BCUT2D eigenvalue weighted by atomic mass is 9.97. The Labute approximate surface area is 206 Å². The second-order valence-electron chi connectivity index (χ2n) is 9.12. The van der Waals surface area contributed by atoms with Crippen molar-refractivity contribution in [1.82, 2.24) is 24.6 Å². The number of anilines is 1. The predicted molar refractivity (Wildman–Crippen MR) is 139 cm³/mol. The molecule has 4 rings (SSSR count).